The van der Waals surface area contributed by atoms with Crippen molar-refractivity contribution in [3.63, 3.8) is 0 Å². The number of amides is 2. The summed E-state index contributed by atoms with van der Waals surface area (Å²) < 4.78 is 93.7. The maximum atomic E-state index is 14.0. The summed E-state index contributed by atoms with van der Waals surface area (Å²) in [6, 6.07) is 13.1. The molecule has 0 fully saturated rings. The summed E-state index contributed by atoms with van der Waals surface area (Å²) in [5.41, 5.74) is -2.51. The van der Waals surface area contributed by atoms with Crippen LogP contribution in [-0.2, 0) is 11.0 Å². The number of thioether (sulfide) groups is 1. The molecule has 0 saturated heterocycles. The zero-order valence-electron chi connectivity index (χ0n) is 18.6. The maximum Gasteiger partial charge on any atom is 0.422 e. The van der Waals surface area contributed by atoms with E-state index in [-0.39, 0.29) is 5.91 Å². The molecule has 0 aromatic heterocycles. The van der Waals surface area contributed by atoms with E-state index in [4.69, 9.17) is 0 Å². The van der Waals surface area contributed by atoms with Crippen molar-refractivity contribution in [2.75, 3.05) is 10.6 Å². The van der Waals surface area contributed by atoms with Crippen LogP contribution in [0.3, 0.4) is 0 Å². The van der Waals surface area contributed by atoms with Crippen LogP contribution in [0.5, 0.6) is 0 Å². The zero-order valence-corrected chi connectivity index (χ0v) is 19.4. The highest BCUT2D eigenvalue weighted by Gasteiger charge is 2.42. The quantitative estimate of drug-likeness (QED) is 0.206. The van der Waals surface area contributed by atoms with Crippen molar-refractivity contribution in [3.05, 3.63) is 88.5 Å². The van der Waals surface area contributed by atoms with E-state index in [0.29, 0.717) is 16.1 Å². The van der Waals surface area contributed by atoms with Crippen LogP contribution in [0, 0.1) is 30.2 Å². The summed E-state index contributed by atoms with van der Waals surface area (Å²) in [5.74, 6) is -11.5. The van der Waals surface area contributed by atoms with E-state index in [2.05, 4.69) is 5.32 Å². The Morgan fingerprint density at radius 1 is 0.806 bits per heavy atom. The number of alkyl halides is 3. The molecule has 12 heteroatoms. The summed E-state index contributed by atoms with van der Waals surface area (Å²) in [7, 11) is 0. The second-order valence-electron chi connectivity index (χ2n) is 7.60. The Kier molecular flexibility index (Phi) is 7.97. The lowest BCUT2D eigenvalue weighted by Crippen LogP contribution is -2.25. The Balaban J connectivity index is 1.68. The van der Waals surface area contributed by atoms with Gasteiger partial charge < -0.3 is 10.6 Å². The number of halogens is 7. The Morgan fingerprint density at radius 3 is 1.83 bits per heavy atom. The van der Waals surface area contributed by atoms with Crippen LogP contribution in [0.2, 0.25) is 0 Å². The van der Waals surface area contributed by atoms with E-state index in [0.717, 1.165) is 17.3 Å². The van der Waals surface area contributed by atoms with Gasteiger partial charge in [-0.05, 0) is 50.2 Å². The van der Waals surface area contributed by atoms with E-state index in [1.807, 2.05) is 6.92 Å². The second-order valence-corrected chi connectivity index (χ2v) is 9.01. The molecule has 1 atom stereocenters. The molecular weight excluding hydrogens is 513 g/mol. The molecule has 0 aliphatic rings. The molecule has 0 spiro atoms. The molecule has 0 aliphatic carbocycles. The molecule has 2 N–H and O–H groups in total. The van der Waals surface area contributed by atoms with E-state index in [9.17, 15) is 40.3 Å². The largest absolute Gasteiger partial charge is 0.422 e. The SMILES string of the molecule is Cc1ccc(C(=O)Nc2ccc(SC(C)C(=O)Nc3c(F)c(F)c(C(F)(F)F)c(F)c3F)cc2)cc1. The Bertz CT molecular complexity index is 1260. The summed E-state index contributed by atoms with van der Waals surface area (Å²) in [6.07, 6.45) is -5.69. The number of rotatable bonds is 6. The Morgan fingerprint density at radius 2 is 1.33 bits per heavy atom. The fourth-order valence-corrected chi connectivity index (χ4v) is 3.87. The first-order valence-corrected chi connectivity index (χ1v) is 11.1. The van der Waals surface area contributed by atoms with Crippen LogP contribution in [0.15, 0.2) is 53.4 Å². The molecule has 3 rings (SSSR count). The molecular formula is C24H17F7N2O2S. The molecule has 3 aromatic carbocycles. The van der Waals surface area contributed by atoms with E-state index >= 15 is 0 Å². The Labute approximate surface area is 204 Å². The number of carbonyl (C=O) groups is 2. The molecule has 3 aromatic rings. The van der Waals surface area contributed by atoms with Crippen molar-refractivity contribution in [1.82, 2.24) is 0 Å². The van der Waals surface area contributed by atoms with Gasteiger partial charge in [-0.2, -0.15) is 13.2 Å². The van der Waals surface area contributed by atoms with Crippen LogP contribution in [0.4, 0.5) is 42.1 Å². The molecule has 0 radical (unpaired) electrons. The summed E-state index contributed by atoms with van der Waals surface area (Å²) in [6.45, 7) is 3.19. The fourth-order valence-electron chi connectivity index (χ4n) is 3.00. The predicted octanol–water partition coefficient (Wildman–Crippen LogP) is 6.94. The molecule has 0 saturated carbocycles. The monoisotopic (exact) mass is 530 g/mol. The van der Waals surface area contributed by atoms with Crippen molar-refractivity contribution >= 4 is 35.0 Å². The number of carbonyl (C=O) groups excluding carboxylic acids is 2. The van der Waals surface area contributed by atoms with Crippen LogP contribution < -0.4 is 10.6 Å². The lowest BCUT2D eigenvalue weighted by atomic mass is 10.1. The molecule has 0 bridgehead atoms. The van der Waals surface area contributed by atoms with Gasteiger partial charge in [0.2, 0.25) is 5.91 Å². The Hall–Kier alpha value is -3.54. The van der Waals surface area contributed by atoms with E-state index in [1.54, 1.807) is 41.7 Å². The van der Waals surface area contributed by atoms with Crippen LogP contribution in [0.1, 0.15) is 28.4 Å². The lowest BCUT2D eigenvalue weighted by molar-refractivity contribution is -0.143. The highest BCUT2D eigenvalue weighted by atomic mass is 32.2. The highest BCUT2D eigenvalue weighted by molar-refractivity contribution is 8.00. The van der Waals surface area contributed by atoms with Gasteiger partial charge in [-0.15, -0.1) is 11.8 Å². The van der Waals surface area contributed by atoms with Crippen molar-refractivity contribution in [3.8, 4) is 0 Å². The number of aryl methyl sites for hydroxylation is 1. The van der Waals surface area contributed by atoms with Gasteiger partial charge in [-0.3, -0.25) is 9.59 Å². The van der Waals surface area contributed by atoms with Crippen molar-refractivity contribution in [2.45, 2.75) is 30.2 Å². The zero-order chi connectivity index (χ0) is 26.8. The number of nitrogens with one attached hydrogen (secondary N) is 2. The minimum atomic E-state index is -5.69. The number of hydrogen-bond donors (Lipinski definition) is 2. The van der Waals surface area contributed by atoms with Crippen LogP contribution in [-0.4, -0.2) is 17.1 Å². The predicted molar refractivity (Wildman–Crippen MR) is 121 cm³/mol. The summed E-state index contributed by atoms with van der Waals surface area (Å²) >= 11 is 0.887. The second kappa shape index (κ2) is 10.6. The van der Waals surface area contributed by atoms with Gasteiger partial charge in [0, 0.05) is 16.1 Å². The standard InChI is InChI=1S/C24H17F7N2O2S/c1-11-3-5-13(6-4-11)23(35)32-14-7-9-15(10-8-14)36-12(2)22(34)33-21-19(27)17(25)16(24(29,30)31)18(26)20(21)28/h3-10,12H,1-2H3,(H,32,35)(H,33,34). The lowest BCUT2D eigenvalue weighted by Gasteiger charge is -2.16. The van der Waals surface area contributed by atoms with Crippen LogP contribution >= 0.6 is 11.8 Å². The van der Waals surface area contributed by atoms with E-state index in [1.165, 1.54) is 19.1 Å². The minimum absolute atomic E-state index is 0.344. The maximum absolute atomic E-state index is 14.0. The van der Waals surface area contributed by atoms with Gasteiger partial charge in [-0.1, -0.05) is 17.7 Å². The first-order valence-electron chi connectivity index (χ1n) is 10.2. The van der Waals surface area contributed by atoms with Crippen LogP contribution in [0.25, 0.3) is 0 Å². The summed E-state index contributed by atoms with van der Waals surface area (Å²) in [4.78, 5) is 25.1. The highest BCUT2D eigenvalue weighted by Crippen LogP contribution is 2.38. The first kappa shape index (κ1) is 27.1. The topological polar surface area (TPSA) is 58.2 Å². The molecule has 0 aliphatic heterocycles. The normalized spacial score (nSPS) is 12.2. The molecule has 4 nitrogen and oxygen atoms in total. The molecule has 2 amide bonds. The van der Waals surface area contributed by atoms with Crippen molar-refractivity contribution in [1.29, 1.82) is 0 Å². The van der Waals surface area contributed by atoms with Gasteiger partial charge in [0.15, 0.2) is 23.3 Å². The molecule has 36 heavy (non-hydrogen) atoms. The minimum Gasteiger partial charge on any atom is -0.322 e. The number of benzene rings is 3. The summed E-state index contributed by atoms with van der Waals surface area (Å²) in [5, 5.41) is 3.22. The van der Waals surface area contributed by atoms with Gasteiger partial charge >= 0.3 is 6.18 Å². The van der Waals surface area contributed by atoms with E-state index < -0.39 is 51.9 Å². The average Bonchev–Trinajstić information content (AvgIpc) is 2.81. The fraction of sp³-hybridized carbons (Fsp3) is 0.167. The first-order chi connectivity index (χ1) is 16.8. The molecule has 1 unspecified atom stereocenters. The van der Waals surface area contributed by atoms with Gasteiger partial charge in [-0.25, -0.2) is 17.6 Å². The third kappa shape index (κ3) is 5.99. The number of hydrogen-bond acceptors (Lipinski definition) is 3. The van der Waals surface area contributed by atoms with Gasteiger partial charge in [0.1, 0.15) is 11.3 Å². The number of anilines is 2. The third-order valence-electron chi connectivity index (χ3n) is 4.90. The third-order valence-corrected chi connectivity index (χ3v) is 6.02. The molecule has 0 heterocycles. The van der Waals surface area contributed by atoms with Crippen molar-refractivity contribution in [2.24, 2.45) is 0 Å². The van der Waals surface area contributed by atoms with Gasteiger partial charge in [0.05, 0.1) is 5.25 Å². The van der Waals surface area contributed by atoms with Crippen molar-refractivity contribution < 1.29 is 40.3 Å². The smallest absolute Gasteiger partial charge is 0.322 e. The average molecular weight is 530 g/mol. The van der Waals surface area contributed by atoms with Gasteiger partial charge in [0.25, 0.3) is 5.91 Å². The molecule has 190 valence electrons.